The molecule has 7 nitrogen and oxygen atoms in total. The van der Waals surface area contributed by atoms with Gasteiger partial charge in [-0.15, -0.1) is 0 Å². The van der Waals surface area contributed by atoms with Crippen molar-refractivity contribution in [2.45, 2.75) is 18.1 Å². The van der Waals surface area contributed by atoms with Gasteiger partial charge in [0.2, 0.25) is 11.8 Å². The highest BCUT2D eigenvalue weighted by Gasteiger charge is 2.59. The topological polar surface area (TPSA) is 93.1 Å². The van der Waals surface area contributed by atoms with Gasteiger partial charge in [0.25, 0.3) is 5.56 Å². The van der Waals surface area contributed by atoms with Crippen molar-refractivity contribution in [1.29, 1.82) is 0 Å². The van der Waals surface area contributed by atoms with Crippen LogP contribution >= 0.6 is 11.6 Å². The Hall–Kier alpha value is -4.04. The number of allylic oxidation sites excluding steroid dienone is 2. The minimum absolute atomic E-state index is 0.282. The predicted octanol–water partition coefficient (Wildman–Crippen LogP) is 3.80. The number of pyridine rings is 2. The van der Waals surface area contributed by atoms with Gasteiger partial charge in [-0.1, -0.05) is 54.1 Å². The van der Waals surface area contributed by atoms with Gasteiger partial charge in [0, 0.05) is 30.1 Å². The molecule has 2 aliphatic rings. The van der Waals surface area contributed by atoms with Gasteiger partial charge in [0.05, 0.1) is 22.9 Å². The van der Waals surface area contributed by atoms with E-state index in [4.69, 9.17) is 11.6 Å². The Morgan fingerprint density at radius 2 is 1.72 bits per heavy atom. The first-order valence-electron chi connectivity index (χ1n) is 11.4. The Morgan fingerprint density at radius 1 is 0.972 bits per heavy atom. The second kappa shape index (κ2) is 9.91. The number of aromatic nitrogens is 2. The summed E-state index contributed by atoms with van der Waals surface area (Å²) in [6.45, 7) is 0. The number of halogens is 2. The molecule has 9 heteroatoms. The lowest BCUT2D eigenvalue weighted by Gasteiger charge is -2.22. The minimum atomic E-state index is -1.54. The van der Waals surface area contributed by atoms with Crippen LogP contribution in [-0.2, 0) is 9.59 Å². The fourth-order valence-electron chi connectivity index (χ4n) is 4.53. The van der Waals surface area contributed by atoms with Gasteiger partial charge >= 0.3 is 0 Å². The summed E-state index contributed by atoms with van der Waals surface area (Å²) in [6, 6.07) is 16.2. The SMILES string of the molecule is O=C(NC1C=CC(n2ccccc2=O)=CC1F)[C@@H]1C(c2ccccc2)[C@@H]1C(=O)Nc1ccc(Cl)cn1. The summed E-state index contributed by atoms with van der Waals surface area (Å²) < 4.78 is 16.3. The van der Waals surface area contributed by atoms with E-state index in [0.717, 1.165) is 5.56 Å². The molecule has 0 saturated heterocycles. The summed E-state index contributed by atoms with van der Waals surface area (Å²) in [5.41, 5.74) is 0.958. The molecule has 5 atom stereocenters. The Kier molecular flexibility index (Phi) is 6.52. The van der Waals surface area contributed by atoms with E-state index in [0.29, 0.717) is 16.5 Å². The number of nitrogens with zero attached hydrogens (tertiary/aromatic N) is 2. The molecule has 0 aliphatic heterocycles. The smallest absolute Gasteiger partial charge is 0.255 e. The van der Waals surface area contributed by atoms with Gasteiger partial charge in [0.1, 0.15) is 12.0 Å². The van der Waals surface area contributed by atoms with E-state index in [2.05, 4.69) is 15.6 Å². The van der Waals surface area contributed by atoms with Crippen LogP contribution in [0.3, 0.4) is 0 Å². The van der Waals surface area contributed by atoms with Gasteiger partial charge in [-0.25, -0.2) is 9.37 Å². The molecule has 1 aromatic carbocycles. The Labute approximate surface area is 211 Å². The Balaban J connectivity index is 1.31. The van der Waals surface area contributed by atoms with Crippen molar-refractivity contribution in [2.24, 2.45) is 11.8 Å². The van der Waals surface area contributed by atoms with E-state index in [1.807, 2.05) is 30.3 Å². The summed E-state index contributed by atoms with van der Waals surface area (Å²) in [6.07, 6.45) is 5.84. The molecule has 0 spiro atoms. The number of hydrogen-bond acceptors (Lipinski definition) is 4. The number of benzene rings is 1. The van der Waals surface area contributed by atoms with E-state index in [9.17, 15) is 18.8 Å². The average molecular weight is 505 g/mol. The first-order chi connectivity index (χ1) is 17.4. The Morgan fingerprint density at radius 3 is 2.42 bits per heavy atom. The molecule has 0 bridgehead atoms. The van der Waals surface area contributed by atoms with Gasteiger partial charge in [0.15, 0.2) is 0 Å². The number of nitrogens with one attached hydrogen (secondary N) is 2. The number of amides is 2. The molecule has 3 aromatic rings. The largest absolute Gasteiger partial charge is 0.346 e. The first-order valence-corrected chi connectivity index (χ1v) is 11.8. The third kappa shape index (κ3) is 4.85. The summed E-state index contributed by atoms with van der Waals surface area (Å²) in [7, 11) is 0. The zero-order valence-electron chi connectivity index (χ0n) is 18.9. The molecule has 2 N–H and O–H groups in total. The zero-order chi connectivity index (χ0) is 25.2. The van der Waals surface area contributed by atoms with Crippen LogP contribution in [0.25, 0.3) is 5.70 Å². The lowest BCUT2D eigenvalue weighted by Crippen LogP contribution is -2.42. The van der Waals surface area contributed by atoms with Crippen LogP contribution in [0.1, 0.15) is 11.5 Å². The van der Waals surface area contributed by atoms with Crippen molar-refractivity contribution in [2.75, 3.05) is 5.32 Å². The van der Waals surface area contributed by atoms with Crippen molar-refractivity contribution < 1.29 is 14.0 Å². The molecule has 2 aliphatic carbocycles. The van der Waals surface area contributed by atoms with Crippen molar-refractivity contribution >= 4 is 34.9 Å². The van der Waals surface area contributed by atoms with Gasteiger partial charge < -0.3 is 10.6 Å². The maximum atomic E-state index is 15.0. The average Bonchev–Trinajstić information content (AvgIpc) is 3.64. The molecule has 1 saturated carbocycles. The van der Waals surface area contributed by atoms with Crippen molar-refractivity contribution in [3.8, 4) is 0 Å². The third-order valence-corrected chi connectivity index (χ3v) is 6.57. The lowest BCUT2D eigenvalue weighted by molar-refractivity contribution is -0.125. The lowest BCUT2D eigenvalue weighted by atomic mass is 10.0. The summed E-state index contributed by atoms with van der Waals surface area (Å²) in [4.78, 5) is 42.4. The van der Waals surface area contributed by atoms with Crippen molar-refractivity contribution in [3.63, 3.8) is 0 Å². The van der Waals surface area contributed by atoms with E-state index in [-0.39, 0.29) is 17.4 Å². The minimum Gasteiger partial charge on any atom is -0.346 e. The molecule has 1 fully saturated rings. The number of carbonyl (C=O) groups is 2. The summed E-state index contributed by atoms with van der Waals surface area (Å²) >= 11 is 5.86. The maximum Gasteiger partial charge on any atom is 0.255 e. The number of alkyl halides is 1. The highest BCUT2D eigenvalue weighted by molar-refractivity contribution is 6.30. The van der Waals surface area contributed by atoms with Crippen LogP contribution in [0.15, 0.2) is 96.1 Å². The van der Waals surface area contributed by atoms with E-state index < -0.39 is 30.0 Å². The van der Waals surface area contributed by atoms with Crippen LogP contribution in [0, 0.1) is 11.8 Å². The molecule has 2 aromatic heterocycles. The Bertz CT molecular complexity index is 1400. The molecule has 0 radical (unpaired) electrons. The van der Waals surface area contributed by atoms with Crippen LogP contribution in [0.5, 0.6) is 0 Å². The van der Waals surface area contributed by atoms with Crippen LogP contribution < -0.4 is 16.2 Å². The number of carbonyl (C=O) groups excluding carboxylic acids is 2. The molecular formula is C27H22ClFN4O3. The van der Waals surface area contributed by atoms with Crippen LogP contribution in [0.4, 0.5) is 10.2 Å². The zero-order valence-corrected chi connectivity index (χ0v) is 19.7. The van der Waals surface area contributed by atoms with Gasteiger partial charge in [-0.3, -0.25) is 19.0 Å². The predicted molar refractivity (Wildman–Crippen MR) is 135 cm³/mol. The number of rotatable bonds is 6. The summed E-state index contributed by atoms with van der Waals surface area (Å²) in [5, 5.41) is 5.91. The monoisotopic (exact) mass is 504 g/mol. The quantitative estimate of drug-likeness (QED) is 0.534. The van der Waals surface area contributed by atoms with Crippen molar-refractivity contribution in [3.05, 3.63) is 112 Å². The van der Waals surface area contributed by atoms with Crippen molar-refractivity contribution in [1.82, 2.24) is 14.9 Å². The maximum absolute atomic E-state index is 15.0. The van der Waals surface area contributed by atoms with Crippen LogP contribution in [-0.4, -0.2) is 33.6 Å². The fraction of sp³-hybridized carbons (Fsp3) is 0.185. The number of anilines is 1. The number of hydrogen-bond donors (Lipinski definition) is 2. The van der Waals surface area contributed by atoms with Crippen LogP contribution in [0.2, 0.25) is 5.02 Å². The third-order valence-electron chi connectivity index (χ3n) is 6.35. The van der Waals surface area contributed by atoms with E-state index >= 15 is 0 Å². The molecular weight excluding hydrogens is 483 g/mol. The molecule has 36 heavy (non-hydrogen) atoms. The normalized spacial score (nSPS) is 24.5. The van der Waals surface area contributed by atoms with Gasteiger partial charge in [-0.05, 0) is 35.9 Å². The highest BCUT2D eigenvalue weighted by atomic mass is 35.5. The molecule has 5 rings (SSSR count). The second-order valence-corrected chi connectivity index (χ2v) is 9.11. The first kappa shape index (κ1) is 23.7. The molecule has 182 valence electrons. The fourth-order valence-corrected chi connectivity index (χ4v) is 4.64. The molecule has 3 unspecified atom stereocenters. The van der Waals surface area contributed by atoms with E-state index in [1.165, 1.54) is 29.0 Å². The molecule has 2 heterocycles. The van der Waals surface area contributed by atoms with Gasteiger partial charge in [-0.2, -0.15) is 0 Å². The standard InChI is InChI=1S/C27H22ClFN4O3/c28-17-9-12-21(30-15-17)32-27(36)25-23(16-6-2-1-3-7-16)24(25)26(35)31-20-11-10-18(14-19(20)29)33-13-5-4-8-22(33)34/h1-15,19-20,23-25H,(H,31,35)(H,30,32,36)/t19?,20?,23?,24-,25+/m1/s1. The highest BCUT2D eigenvalue weighted by Crippen LogP contribution is 2.54. The van der Waals surface area contributed by atoms with E-state index in [1.54, 1.807) is 36.5 Å². The second-order valence-electron chi connectivity index (χ2n) is 8.68. The summed E-state index contributed by atoms with van der Waals surface area (Å²) in [5.74, 6) is -2.08. The molecule has 2 amide bonds.